The van der Waals surface area contributed by atoms with Crippen LogP contribution in [0.2, 0.25) is 5.02 Å². The molecular weight excluding hydrogens is 310 g/mol. The van der Waals surface area contributed by atoms with E-state index in [-0.39, 0.29) is 0 Å². The topological polar surface area (TPSA) is 29.8 Å². The van der Waals surface area contributed by atoms with Gasteiger partial charge >= 0.3 is 0 Å². The summed E-state index contributed by atoms with van der Waals surface area (Å²) in [7, 11) is 0. The highest BCUT2D eigenvalue weighted by Crippen LogP contribution is 2.34. The van der Waals surface area contributed by atoms with Crippen LogP contribution < -0.4 is 0 Å². The zero-order valence-corrected chi connectivity index (χ0v) is 13.3. The molecule has 2 aromatic heterocycles. The number of aromatic nitrogens is 2. The van der Waals surface area contributed by atoms with E-state index in [1.165, 1.54) is 5.69 Å². The standard InChI is InChI=1S/C18H16ClN3O/c19-13-6-4-12(5-7-13)18-14(9-21-10-16-15(21)11-23-16)22-8-2-1-3-17(22)20-18/h1-8,15-16H,9-11H2. The number of rotatable bonds is 3. The molecule has 0 aliphatic carbocycles. The summed E-state index contributed by atoms with van der Waals surface area (Å²) < 4.78 is 7.71. The summed E-state index contributed by atoms with van der Waals surface area (Å²) in [6.45, 7) is 2.77. The van der Waals surface area contributed by atoms with Crippen LogP contribution in [-0.2, 0) is 11.3 Å². The Morgan fingerprint density at radius 1 is 1.17 bits per heavy atom. The van der Waals surface area contributed by atoms with Gasteiger partial charge < -0.3 is 9.14 Å². The number of fused-ring (bicyclic) bond motifs is 2. The maximum absolute atomic E-state index is 6.03. The first kappa shape index (κ1) is 13.5. The second-order valence-electron chi connectivity index (χ2n) is 6.21. The third-order valence-electron chi connectivity index (χ3n) is 4.89. The zero-order valence-electron chi connectivity index (χ0n) is 12.5. The molecule has 0 amide bonds. The molecule has 116 valence electrons. The lowest BCUT2D eigenvalue weighted by atomic mass is 9.94. The van der Waals surface area contributed by atoms with Gasteiger partial charge in [0.1, 0.15) is 5.65 Å². The van der Waals surface area contributed by atoms with E-state index < -0.39 is 0 Å². The normalized spacial score (nSPS) is 23.3. The van der Waals surface area contributed by atoms with Crippen LogP contribution in [0.4, 0.5) is 0 Å². The molecule has 2 atom stereocenters. The summed E-state index contributed by atoms with van der Waals surface area (Å²) in [6, 6.07) is 14.6. The first-order valence-electron chi connectivity index (χ1n) is 7.87. The van der Waals surface area contributed by atoms with Crippen LogP contribution in [0.3, 0.4) is 0 Å². The molecule has 4 nitrogen and oxygen atoms in total. The second kappa shape index (κ2) is 5.06. The van der Waals surface area contributed by atoms with Gasteiger partial charge in [0.05, 0.1) is 30.1 Å². The van der Waals surface area contributed by atoms with Crippen LogP contribution in [0.1, 0.15) is 5.69 Å². The van der Waals surface area contributed by atoms with Gasteiger partial charge in [-0.1, -0.05) is 29.8 Å². The third-order valence-corrected chi connectivity index (χ3v) is 5.15. The monoisotopic (exact) mass is 325 g/mol. The average molecular weight is 326 g/mol. The van der Waals surface area contributed by atoms with Crippen molar-refractivity contribution in [1.82, 2.24) is 14.3 Å². The largest absolute Gasteiger partial charge is 0.373 e. The number of halogens is 1. The summed E-state index contributed by atoms with van der Waals surface area (Å²) >= 11 is 6.03. The lowest BCUT2D eigenvalue weighted by Crippen LogP contribution is -2.69. The molecule has 5 heteroatoms. The lowest BCUT2D eigenvalue weighted by molar-refractivity contribution is -0.217. The summed E-state index contributed by atoms with van der Waals surface area (Å²) in [5.74, 6) is 0. The van der Waals surface area contributed by atoms with Gasteiger partial charge in [0.15, 0.2) is 0 Å². The number of pyridine rings is 1. The van der Waals surface area contributed by atoms with Crippen molar-refractivity contribution >= 4 is 17.2 Å². The summed E-state index contributed by atoms with van der Waals surface area (Å²) in [5.41, 5.74) is 4.36. The van der Waals surface area contributed by atoms with Gasteiger partial charge in [-0.2, -0.15) is 0 Å². The van der Waals surface area contributed by atoms with E-state index in [1.54, 1.807) is 0 Å². The molecular formula is C18H16ClN3O. The Bertz CT molecular complexity index is 874. The summed E-state index contributed by atoms with van der Waals surface area (Å²) in [6.07, 6.45) is 2.54. The van der Waals surface area contributed by atoms with Crippen LogP contribution in [0.25, 0.3) is 16.9 Å². The van der Waals surface area contributed by atoms with Crippen LogP contribution >= 0.6 is 11.6 Å². The number of hydrogen-bond acceptors (Lipinski definition) is 3. The molecule has 0 spiro atoms. The molecule has 2 aliphatic rings. The fraction of sp³-hybridized carbons (Fsp3) is 0.278. The van der Waals surface area contributed by atoms with Crippen molar-refractivity contribution in [3.63, 3.8) is 0 Å². The fourth-order valence-electron chi connectivity index (χ4n) is 3.47. The van der Waals surface area contributed by atoms with Crippen molar-refractivity contribution in [3.05, 3.63) is 59.4 Å². The van der Waals surface area contributed by atoms with Crippen LogP contribution in [0, 0.1) is 0 Å². The molecule has 3 aromatic rings. The van der Waals surface area contributed by atoms with E-state index in [2.05, 4.69) is 21.6 Å². The van der Waals surface area contributed by atoms with E-state index in [1.807, 2.05) is 36.4 Å². The SMILES string of the molecule is Clc1ccc(-c2nc3ccccn3c2CN2CC3OCC32)cc1. The maximum atomic E-state index is 6.03. The number of hydrogen-bond donors (Lipinski definition) is 0. The van der Waals surface area contributed by atoms with Crippen molar-refractivity contribution < 1.29 is 4.74 Å². The Balaban J connectivity index is 1.59. The first-order chi connectivity index (χ1) is 11.3. The van der Waals surface area contributed by atoms with Gasteiger partial charge in [-0.3, -0.25) is 4.90 Å². The Morgan fingerprint density at radius 2 is 2.04 bits per heavy atom. The fourth-order valence-corrected chi connectivity index (χ4v) is 3.60. The highest BCUT2D eigenvalue weighted by Gasteiger charge is 2.47. The van der Waals surface area contributed by atoms with E-state index in [0.29, 0.717) is 12.1 Å². The number of morpholine rings is 1. The molecule has 0 bridgehead atoms. The number of likely N-dealkylation sites (tertiary alicyclic amines) is 1. The van der Waals surface area contributed by atoms with E-state index in [4.69, 9.17) is 21.3 Å². The molecule has 5 rings (SSSR count). The minimum Gasteiger partial charge on any atom is -0.373 e. The van der Waals surface area contributed by atoms with Crippen LogP contribution in [-0.4, -0.2) is 39.6 Å². The van der Waals surface area contributed by atoms with Gasteiger partial charge in [0, 0.05) is 29.9 Å². The first-order valence-corrected chi connectivity index (χ1v) is 8.25. The van der Waals surface area contributed by atoms with Gasteiger partial charge in [-0.15, -0.1) is 0 Å². The van der Waals surface area contributed by atoms with Gasteiger partial charge in [0.2, 0.25) is 0 Å². The molecule has 2 unspecified atom stereocenters. The number of benzene rings is 1. The van der Waals surface area contributed by atoms with Crippen molar-refractivity contribution in [1.29, 1.82) is 0 Å². The van der Waals surface area contributed by atoms with Gasteiger partial charge in [0.25, 0.3) is 0 Å². The minimum absolute atomic E-state index is 0.452. The summed E-state index contributed by atoms with van der Waals surface area (Å²) in [4.78, 5) is 7.32. The Labute approximate surface area is 139 Å². The third kappa shape index (κ3) is 2.10. The van der Waals surface area contributed by atoms with E-state index in [9.17, 15) is 0 Å². The lowest BCUT2D eigenvalue weighted by Gasteiger charge is -2.54. The molecule has 0 N–H and O–H groups in total. The predicted octanol–water partition coefficient (Wildman–Crippen LogP) is 3.24. The molecule has 4 heterocycles. The van der Waals surface area contributed by atoms with Crippen LogP contribution in [0.15, 0.2) is 48.7 Å². The molecule has 2 aliphatic heterocycles. The maximum Gasteiger partial charge on any atom is 0.137 e. The van der Waals surface area contributed by atoms with E-state index in [0.717, 1.165) is 41.6 Å². The van der Waals surface area contributed by atoms with Gasteiger partial charge in [-0.25, -0.2) is 4.98 Å². The molecule has 0 saturated carbocycles. The highest BCUT2D eigenvalue weighted by atomic mass is 35.5. The van der Waals surface area contributed by atoms with Crippen molar-refractivity contribution in [2.75, 3.05) is 13.2 Å². The smallest absolute Gasteiger partial charge is 0.137 e. The van der Waals surface area contributed by atoms with Crippen molar-refractivity contribution in [3.8, 4) is 11.3 Å². The molecule has 1 aromatic carbocycles. The molecule has 0 radical (unpaired) electrons. The molecule has 2 saturated heterocycles. The van der Waals surface area contributed by atoms with Crippen molar-refractivity contribution in [2.45, 2.75) is 18.7 Å². The second-order valence-corrected chi connectivity index (χ2v) is 6.65. The van der Waals surface area contributed by atoms with E-state index >= 15 is 0 Å². The predicted molar refractivity (Wildman–Crippen MR) is 89.6 cm³/mol. The minimum atomic E-state index is 0.452. The van der Waals surface area contributed by atoms with Gasteiger partial charge in [-0.05, 0) is 24.3 Å². The van der Waals surface area contributed by atoms with Crippen LogP contribution in [0.5, 0.6) is 0 Å². The summed E-state index contributed by atoms with van der Waals surface area (Å²) in [5, 5.41) is 0.747. The molecule has 2 fully saturated rings. The molecule has 23 heavy (non-hydrogen) atoms. The Hall–Kier alpha value is -1.88. The Morgan fingerprint density at radius 3 is 2.74 bits per heavy atom. The van der Waals surface area contributed by atoms with Crippen molar-refractivity contribution in [2.24, 2.45) is 0 Å². The average Bonchev–Trinajstić information content (AvgIpc) is 2.91. The zero-order chi connectivity index (χ0) is 15.4. The highest BCUT2D eigenvalue weighted by molar-refractivity contribution is 6.30. The quantitative estimate of drug-likeness (QED) is 0.740. The Kier molecular flexibility index (Phi) is 2.98. The number of ether oxygens (including phenoxy) is 1. The number of nitrogens with zero attached hydrogens (tertiary/aromatic N) is 3. The number of imidazole rings is 1.